The quantitative estimate of drug-likeness (QED) is 0.501. The molecule has 0 aliphatic heterocycles. The Hall–Kier alpha value is -3.19. The van der Waals surface area contributed by atoms with Gasteiger partial charge in [0.2, 0.25) is 0 Å². The molecule has 0 saturated heterocycles. The SMILES string of the molecule is COC(=O)C1=C(O)c2ccccc2/C1=N/N(C(N)=S)c1ccccc1. The number of benzene rings is 2. The highest BCUT2D eigenvalue weighted by Gasteiger charge is 2.34. The maximum atomic E-state index is 12.2. The Morgan fingerprint density at radius 2 is 1.72 bits per heavy atom. The van der Waals surface area contributed by atoms with Crippen LogP contribution in [0.1, 0.15) is 11.1 Å². The van der Waals surface area contributed by atoms with Crippen molar-refractivity contribution < 1.29 is 14.6 Å². The zero-order valence-corrected chi connectivity index (χ0v) is 14.2. The Morgan fingerprint density at radius 1 is 1.12 bits per heavy atom. The van der Waals surface area contributed by atoms with Gasteiger partial charge in [-0.3, -0.25) is 0 Å². The summed E-state index contributed by atoms with van der Waals surface area (Å²) in [6, 6.07) is 16.1. The van der Waals surface area contributed by atoms with Gasteiger partial charge in [-0.25, -0.2) is 9.80 Å². The molecule has 25 heavy (non-hydrogen) atoms. The van der Waals surface area contributed by atoms with Crippen LogP contribution in [0.15, 0.2) is 65.3 Å². The van der Waals surface area contributed by atoms with Gasteiger partial charge in [-0.15, -0.1) is 0 Å². The van der Waals surface area contributed by atoms with E-state index < -0.39 is 5.97 Å². The van der Waals surface area contributed by atoms with Crippen LogP contribution >= 0.6 is 12.2 Å². The first kappa shape index (κ1) is 16.7. The summed E-state index contributed by atoms with van der Waals surface area (Å²) >= 11 is 5.10. The average molecular weight is 353 g/mol. The van der Waals surface area contributed by atoms with E-state index in [0.717, 1.165) is 0 Å². The van der Waals surface area contributed by atoms with Gasteiger partial charge in [-0.1, -0.05) is 42.5 Å². The van der Waals surface area contributed by atoms with Crippen LogP contribution in [0.3, 0.4) is 0 Å². The summed E-state index contributed by atoms with van der Waals surface area (Å²) in [5.41, 5.74) is 7.76. The van der Waals surface area contributed by atoms with Crippen LogP contribution in [0.4, 0.5) is 5.69 Å². The molecule has 126 valence electrons. The van der Waals surface area contributed by atoms with Gasteiger partial charge in [0.1, 0.15) is 17.0 Å². The number of thiocarbonyl (C=S) groups is 1. The molecule has 0 atom stereocenters. The Labute approximate surface area is 149 Å². The summed E-state index contributed by atoms with van der Waals surface area (Å²) in [5.74, 6) is -0.874. The van der Waals surface area contributed by atoms with Crippen LogP contribution in [0.25, 0.3) is 5.76 Å². The minimum Gasteiger partial charge on any atom is -0.506 e. The van der Waals surface area contributed by atoms with Crippen molar-refractivity contribution >= 4 is 40.5 Å². The van der Waals surface area contributed by atoms with E-state index in [1.807, 2.05) is 18.2 Å². The molecule has 3 rings (SSSR count). The van der Waals surface area contributed by atoms with E-state index in [-0.39, 0.29) is 22.2 Å². The highest BCUT2D eigenvalue weighted by atomic mass is 32.1. The van der Waals surface area contributed by atoms with E-state index in [4.69, 9.17) is 22.7 Å². The molecule has 0 radical (unpaired) electrons. The first-order valence-electron chi connectivity index (χ1n) is 7.39. The molecule has 0 amide bonds. The topological polar surface area (TPSA) is 88.2 Å². The van der Waals surface area contributed by atoms with E-state index >= 15 is 0 Å². The van der Waals surface area contributed by atoms with Gasteiger partial charge in [0, 0.05) is 11.1 Å². The number of nitrogens with two attached hydrogens (primary N) is 1. The number of hydrazone groups is 1. The molecule has 0 bridgehead atoms. The molecule has 2 aromatic rings. The second-order valence-corrected chi connectivity index (χ2v) is 5.61. The number of anilines is 1. The number of para-hydroxylation sites is 1. The monoisotopic (exact) mass is 353 g/mol. The maximum Gasteiger partial charge on any atom is 0.343 e. The van der Waals surface area contributed by atoms with E-state index in [1.165, 1.54) is 12.1 Å². The van der Waals surface area contributed by atoms with Crippen LogP contribution in [-0.4, -0.2) is 29.0 Å². The molecule has 0 fully saturated rings. The molecule has 1 aliphatic carbocycles. The average Bonchev–Trinajstić information content (AvgIpc) is 2.92. The summed E-state index contributed by atoms with van der Waals surface area (Å²) in [6.07, 6.45) is 0. The first-order valence-corrected chi connectivity index (χ1v) is 7.80. The fraction of sp³-hybridized carbons (Fsp3) is 0.0556. The number of ether oxygens (including phenoxy) is 1. The number of fused-ring (bicyclic) bond motifs is 1. The third-order valence-corrected chi connectivity index (χ3v) is 3.88. The standard InChI is InChI=1S/C18H15N3O3S/c1-24-17(23)14-15(12-9-5-6-10-13(12)16(14)22)20-21(18(19)25)11-7-3-2-4-8-11/h2-10,22H,1H3,(H2,19,25)/b20-15-. The number of carbonyl (C=O) groups excluding carboxylic acids is 1. The number of esters is 1. The number of hydrogen-bond donors (Lipinski definition) is 2. The maximum absolute atomic E-state index is 12.2. The summed E-state index contributed by atoms with van der Waals surface area (Å²) in [5, 5.41) is 16.2. The van der Waals surface area contributed by atoms with Crippen molar-refractivity contribution in [2.24, 2.45) is 10.8 Å². The van der Waals surface area contributed by atoms with Gasteiger partial charge in [-0.05, 0) is 24.4 Å². The van der Waals surface area contributed by atoms with Crippen molar-refractivity contribution in [2.45, 2.75) is 0 Å². The number of aliphatic hydroxyl groups is 1. The Morgan fingerprint density at radius 3 is 2.32 bits per heavy atom. The van der Waals surface area contributed by atoms with Crippen molar-refractivity contribution in [1.29, 1.82) is 0 Å². The minimum atomic E-state index is -0.691. The number of rotatable bonds is 3. The van der Waals surface area contributed by atoms with E-state index in [1.54, 1.807) is 36.4 Å². The summed E-state index contributed by atoms with van der Waals surface area (Å²) in [4.78, 5) is 12.2. The lowest BCUT2D eigenvalue weighted by Gasteiger charge is -2.18. The zero-order chi connectivity index (χ0) is 18.0. The third-order valence-electron chi connectivity index (χ3n) is 3.71. The van der Waals surface area contributed by atoms with Crippen LogP contribution < -0.4 is 10.7 Å². The molecule has 0 heterocycles. The molecule has 0 saturated carbocycles. The molecular formula is C18H15N3O3S. The second-order valence-electron chi connectivity index (χ2n) is 5.19. The van der Waals surface area contributed by atoms with Crippen molar-refractivity contribution in [3.63, 3.8) is 0 Å². The van der Waals surface area contributed by atoms with Gasteiger partial charge in [-0.2, -0.15) is 5.10 Å². The largest absolute Gasteiger partial charge is 0.506 e. The lowest BCUT2D eigenvalue weighted by Crippen LogP contribution is -2.32. The highest BCUT2D eigenvalue weighted by Crippen LogP contribution is 2.33. The molecule has 6 nitrogen and oxygen atoms in total. The fourth-order valence-corrected chi connectivity index (χ4v) is 2.73. The molecule has 0 unspecified atom stereocenters. The lowest BCUT2D eigenvalue weighted by molar-refractivity contribution is -0.135. The molecule has 0 spiro atoms. The van der Waals surface area contributed by atoms with Crippen molar-refractivity contribution in [2.75, 3.05) is 12.1 Å². The van der Waals surface area contributed by atoms with Gasteiger partial charge < -0.3 is 15.6 Å². The van der Waals surface area contributed by atoms with Crippen molar-refractivity contribution in [1.82, 2.24) is 0 Å². The van der Waals surface area contributed by atoms with Crippen LogP contribution in [0.5, 0.6) is 0 Å². The van der Waals surface area contributed by atoms with Gasteiger partial charge in [0.05, 0.1) is 12.8 Å². The summed E-state index contributed by atoms with van der Waals surface area (Å²) < 4.78 is 4.79. The molecule has 7 heteroatoms. The summed E-state index contributed by atoms with van der Waals surface area (Å²) in [7, 11) is 1.24. The molecule has 2 aromatic carbocycles. The van der Waals surface area contributed by atoms with Crippen molar-refractivity contribution in [3.8, 4) is 0 Å². The smallest absolute Gasteiger partial charge is 0.343 e. The Balaban J connectivity index is 2.19. The van der Waals surface area contributed by atoms with Gasteiger partial charge >= 0.3 is 5.97 Å². The van der Waals surface area contributed by atoms with E-state index in [0.29, 0.717) is 16.8 Å². The normalized spacial score (nSPS) is 14.4. The van der Waals surface area contributed by atoms with Gasteiger partial charge in [0.15, 0.2) is 5.11 Å². The predicted molar refractivity (Wildman–Crippen MR) is 100 cm³/mol. The number of methoxy groups -OCH3 is 1. The zero-order valence-electron chi connectivity index (χ0n) is 13.3. The van der Waals surface area contributed by atoms with Gasteiger partial charge in [0.25, 0.3) is 0 Å². The molecule has 0 aromatic heterocycles. The van der Waals surface area contributed by atoms with Crippen molar-refractivity contribution in [3.05, 3.63) is 71.3 Å². The van der Waals surface area contributed by atoms with Crippen LogP contribution in [0, 0.1) is 0 Å². The first-order chi connectivity index (χ1) is 12.0. The molecule has 1 aliphatic rings. The summed E-state index contributed by atoms with van der Waals surface area (Å²) in [6.45, 7) is 0. The van der Waals surface area contributed by atoms with Crippen LogP contribution in [-0.2, 0) is 9.53 Å². The molecule has 3 N–H and O–H groups in total. The van der Waals surface area contributed by atoms with E-state index in [9.17, 15) is 9.90 Å². The number of nitrogens with zero attached hydrogens (tertiary/aromatic N) is 2. The lowest BCUT2D eigenvalue weighted by atomic mass is 10.1. The Bertz CT molecular complexity index is 907. The number of aliphatic hydroxyl groups excluding tert-OH is 1. The third kappa shape index (κ3) is 2.97. The Kier molecular flexibility index (Phi) is 4.49. The van der Waals surface area contributed by atoms with E-state index in [2.05, 4.69) is 5.10 Å². The van der Waals surface area contributed by atoms with Crippen LogP contribution in [0.2, 0.25) is 0 Å². The molecular weight excluding hydrogens is 338 g/mol. The number of carbonyl (C=O) groups is 1. The highest BCUT2D eigenvalue weighted by molar-refractivity contribution is 7.80. The fourth-order valence-electron chi connectivity index (χ4n) is 2.58. The second kappa shape index (κ2) is 6.74. The minimum absolute atomic E-state index is 0.00628. The number of hydrogen-bond acceptors (Lipinski definition) is 5. The predicted octanol–water partition coefficient (Wildman–Crippen LogP) is 2.60.